The Labute approximate surface area is 119 Å². The minimum absolute atomic E-state index is 0.161. The fourth-order valence-corrected chi connectivity index (χ4v) is 2.88. The lowest BCUT2D eigenvalue weighted by Crippen LogP contribution is -2.55. The van der Waals surface area contributed by atoms with Crippen molar-refractivity contribution in [1.29, 1.82) is 0 Å². The van der Waals surface area contributed by atoms with Gasteiger partial charge in [-0.1, -0.05) is 25.4 Å². The van der Waals surface area contributed by atoms with Crippen molar-refractivity contribution in [1.82, 2.24) is 10.2 Å². The van der Waals surface area contributed by atoms with Crippen molar-refractivity contribution >= 4 is 11.6 Å². The molecule has 0 saturated carbocycles. The van der Waals surface area contributed by atoms with Crippen molar-refractivity contribution in [3.8, 4) is 0 Å². The van der Waals surface area contributed by atoms with Gasteiger partial charge in [0.2, 0.25) is 0 Å². The van der Waals surface area contributed by atoms with Gasteiger partial charge in [0.05, 0.1) is 0 Å². The highest BCUT2D eigenvalue weighted by Crippen LogP contribution is 2.20. The van der Waals surface area contributed by atoms with Crippen LogP contribution in [0, 0.1) is 5.82 Å². The summed E-state index contributed by atoms with van der Waals surface area (Å²) in [7, 11) is 0. The third kappa shape index (κ3) is 3.68. The fraction of sp³-hybridized carbons (Fsp3) is 0.600. The molecule has 1 aliphatic rings. The third-order valence-electron chi connectivity index (χ3n) is 3.96. The van der Waals surface area contributed by atoms with Gasteiger partial charge in [-0.2, -0.15) is 0 Å². The largest absolute Gasteiger partial charge is 0.311 e. The first-order valence-corrected chi connectivity index (χ1v) is 7.43. The van der Waals surface area contributed by atoms with Crippen molar-refractivity contribution in [2.24, 2.45) is 0 Å². The predicted octanol–water partition coefficient (Wildman–Crippen LogP) is 3.44. The minimum atomic E-state index is -0.161. The molecule has 1 aliphatic heterocycles. The normalized spacial score (nSPS) is 24.6. The van der Waals surface area contributed by atoms with Crippen molar-refractivity contribution in [3.05, 3.63) is 34.6 Å². The number of benzene rings is 1. The highest BCUT2D eigenvalue weighted by Gasteiger charge is 2.26. The van der Waals surface area contributed by atoms with E-state index in [0.29, 0.717) is 29.2 Å². The Morgan fingerprint density at radius 2 is 2.16 bits per heavy atom. The van der Waals surface area contributed by atoms with E-state index in [0.717, 1.165) is 25.9 Å². The predicted molar refractivity (Wildman–Crippen MR) is 78.0 cm³/mol. The van der Waals surface area contributed by atoms with Crippen LogP contribution in [0.15, 0.2) is 18.2 Å². The lowest BCUT2D eigenvalue weighted by Gasteiger charge is -2.40. The first kappa shape index (κ1) is 14.8. The number of piperazine rings is 1. The number of rotatable bonds is 4. The van der Waals surface area contributed by atoms with Gasteiger partial charge in [0.25, 0.3) is 0 Å². The fourth-order valence-electron chi connectivity index (χ4n) is 2.68. The molecule has 1 fully saturated rings. The molecule has 2 rings (SSSR count). The summed E-state index contributed by atoms with van der Waals surface area (Å²) in [5, 5.41) is 4.15. The summed E-state index contributed by atoms with van der Waals surface area (Å²) in [5.74, 6) is -0.161. The maximum absolute atomic E-state index is 13.8. The summed E-state index contributed by atoms with van der Waals surface area (Å²) in [5.41, 5.74) is 0.697. The van der Waals surface area contributed by atoms with E-state index in [4.69, 9.17) is 11.6 Å². The molecule has 1 saturated heterocycles. The molecule has 0 aromatic heterocycles. The summed E-state index contributed by atoms with van der Waals surface area (Å²) < 4.78 is 13.8. The molecule has 0 radical (unpaired) electrons. The molecular weight excluding hydrogens is 263 g/mol. The minimum Gasteiger partial charge on any atom is -0.311 e. The topological polar surface area (TPSA) is 15.3 Å². The van der Waals surface area contributed by atoms with Crippen LogP contribution in [0.4, 0.5) is 4.39 Å². The molecule has 4 heteroatoms. The molecule has 2 atom stereocenters. The second-order valence-electron chi connectivity index (χ2n) is 5.24. The molecule has 0 amide bonds. The number of hydrogen-bond acceptors (Lipinski definition) is 2. The summed E-state index contributed by atoms with van der Waals surface area (Å²) in [6, 6.07) is 5.78. The van der Waals surface area contributed by atoms with Crippen LogP contribution >= 0.6 is 11.6 Å². The van der Waals surface area contributed by atoms with Crippen molar-refractivity contribution in [3.63, 3.8) is 0 Å². The number of nitrogens with zero attached hydrogens (tertiary/aromatic N) is 1. The van der Waals surface area contributed by atoms with Crippen molar-refractivity contribution < 1.29 is 4.39 Å². The van der Waals surface area contributed by atoms with Crippen LogP contribution in [-0.2, 0) is 6.54 Å². The highest BCUT2D eigenvalue weighted by atomic mass is 35.5. The van der Waals surface area contributed by atoms with Crippen LogP contribution in [0.5, 0.6) is 0 Å². The first-order chi connectivity index (χ1) is 9.13. The Bertz CT molecular complexity index is 425. The second-order valence-corrected chi connectivity index (χ2v) is 5.68. The molecule has 19 heavy (non-hydrogen) atoms. The highest BCUT2D eigenvalue weighted by molar-refractivity contribution is 6.30. The summed E-state index contributed by atoms with van der Waals surface area (Å²) in [4.78, 5) is 2.37. The van der Waals surface area contributed by atoms with Gasteiger partial charge in [-0.15, -0.1) is 0 Å². The van der Waals surface area contributed by atoms with E-state index in [9.17, 15) is 4.39 Å². The Hall–Kier alpha value is -0.640. The molecule has 1 heterocycles. The maximum atomic E-state index is 13.8. The van der Waals surface area contributed by atoms with E-state index in [-0.39, 0.29) is 5.82 Å². The number of nitrogens with one attached hydrogen (secondary N) is 1. The van der Waals surface area contributed by atoms with Crippen molar-refractivity contribution in [2.75, 3.05) is 13.1 Å². The summed E-state index contributed by atoms with van der Waals surface area (Å²) in [6.45, 7) is 6.96. The van der Waals surface area contributed by atoms with Crippen LogP contribution in [0.2, 0.25) is 5.02 Å². The van der Waals surface area contributed by atoms with E-state index in [1.54, 1.807) is 12.1 Å². The Balaban J connectivity index is 2.11. The number of halogens is 2. The average Bonchev–Trinajstić information content (AvgIpc) is 2.42. The molecule has 2 unspecified atom stereocenters. The molecule has 2 nitrogen and oxygen atoms in total. The van der Waals surface area contributed by atoms with Crippen LogP contribution in [0.3, 0.4) is 0 Å². The standard InChI is InChI=1S/C15H22ClFN2/c1-3-13-10-19(14(4-2)8-18-13)9-11-7-12(16)5-6-15(11)17/h5-7,13-14,18H,3-4,8-10H2,1-2H3. The van der Waals surface area contributed by atoms with Gasteiger partial charge in [0.1, 0.15) is 5.82 Å². The van der Waals surface area contributed by atoms with Gasteiger partial charge in [0, 0.05) is 42.3 Å². The lowest BCUT2D eigenvalue weighted by molar-refractivity contribution is 0.116. The molecule has 1 aromatic carbocycles. The molecule has 0 bridgehead atoms. The Morgan fingerprint density at radius 1 is 1.37 bits per heavy atom. The van der Waals surface area contributed by atoms with Gasteiger partial charge >= 0.3 is 0 Å². The van der Waals surface area contributed by atoms with Gasteiger partial charge < -0.3 is 5.32 Å². The van der Waals surface area contributed by atoms with E-state index in [1.807, 2.05) is 0 Å². The average molecular weight is 285 g/mol. The summed E-state index contributed by atoms with van der Waals surface area (Å²) in [6.07, 6.45) is 2.18. The monoisotopic (exact) mass is 284 g/mol. The van der Waals surface area contributed by atoms with Gasteiger partial charge in [-0.3, -0.25) is 4.90 Å². The molecular formula is C15H22ClFN2. The third-order valence-corrected chi connectivity index (χ3v) is 4.19. The van der Waals surface area contributed by atoms with Crippen molar-refractivity contribution in [2.45, 2.75) is 45.3 Å². The van der Waals surface area contributed by atoms with E-state index < -0.39 is 0 Å². The Morgan fingerprint density at radius 3 is 2.84 bits per heavy atom. The van der Waals surface area contributed by atoms with E-state index >= 15 is 0 Å². The molecule has 1 aromatic rings. The zero-order chi connectivity index (χ0) is 13.8. The zero-order valence-corrected chi connectivity index (χ0v) is 12.4. The van der Waals surface area contributed by atoms with Gasteiger partial charge in [0.15, 0.2) is 0 Å². The molecule has 106 valence electrons. The Kier molecular flexibility index (Phi) is 5.20. The maximum Gasteiger partial charge on any atom is 0.127 e. The van der Waals surface area contributed by atoms with Crippen LogP contribution in [0.1, 0.15) is 32.3 Å². The smallest absolute Gasteiger partial charge is 0.127 e. The molecule has 0 spiro atoms. The number of hydrogen-bond donors (Lipinski definition) is 1. The van der Waals surface area contributed by atoms with Crippen LogP contribution in [0.25, 0.3) is 0 Å². The quantitative estimate of drug-likeness (QED) is 0.911. The SMILES string of the molecule is CCC1CN(Cc2cc(Cl)ccc2F)C(CC)CN1. The first-order valence-electron chi connectivity index (χ1n) is 7.05. The van der Waals surface area contributed by atoms with Gasteiger partial charge in [-0.25, -0.2) is 4.39 Å². The molecule has 0 aliphatic carbocycles. The van der Waals surface area contributed by atoms with Crippen LogP contribution < -0.4 is 5.32 Å². The van der Waals surface area contributed by atoms with Crippen LogP contribution in [-0.4, -0.2) is 30.1 Å². The van der Waals surface area contributed by atoms with E-state index in [1.165, 1.54) is 6.07 Å². The zero-order valence-electron chi connectivity index (χ0n) is 11.6. The van der Waals surface area contributed by atoms with Gasteiger partial charge in [-0.05, 0) is 31.0 Å². The lowest BCUT2D eigenvalue weighted by atomic mass is 10.0. The summed E-state index contributed by atoms with van der Waals surface area (Å²) >= 11 is 5.96. The molecule has 1 N–H and O–H groups in total. The van der Waals surface area contributed by atoms with E-state index in [2.05, 4.69) is 24.1 Å². The second kappa shape index (κ2) is 6.69.